The van der Waals surface area contributed by atoms with Crippen molar-refractivity contribution in [2.24, 2.45) is 0 Å². The number of hydrogen-bond acceptors (Lipinski definition) is 10. The fourth-order valence-electron chi connectivity index (χ4n) is 3.38. The van der Waals surface area contributed by atoms with E-state index in [9.17, 15) is 10.5 Å². The van der Waals surface area contributed by atoms with Gasteiger partial charge in [0.25, 0.3) is 0 Å². The molecule has 0 fully saturated rings. The van der Waals surface area contributed by atoms with E-state index in [-0.39, 0.29) is 11.4 Å². The zero-order valence-corrected chi connectivity index (χ0v) is 22.1. The second kappa shape index (κ2) is 12.4. The lowest BCUT2D eigenvalue weighted by atomic mass is 9.97. The van der Waals surface area contributed by atoms with Gasteiger partial charge >= 0.3 is 0 Å². The zero-order valence-electron chi connectivity index (χ0n) is 19.7. The van der Waals surface area contributed by atoms with Gasteiger partial charge < -0.3 is 20.5 Å². The van der Waals surface area contributed by atoms with E-state index in [4.69, 9.17) is 26.8 Å². The zero-order chi connectivity index (χ0) is 26.2. The fraction of sp³-hybridized carbons (Fsp3) is 0.154. The highest BCUT2D eigenvalue weighted by molar-refractivity contribution is 7.98. The summed E-state index contributed by atoms with van der Waals surface area (Å²) in [7, 11) is 1.61. The van der Waals surface area contributed by atoms with Gasteiger partial charge in [-0.1, -0.05) is 35.5 Å². The number of hydrogen-bond donors (Lipinski definition) is 2. The first-order valence-electron chi connectivity index (χ1n) is 11.0. The van der Waals surface area contributed by atoms with Crippen LogP contribution in [0.3, 0.4) is 0 Å². The van der Waals surface area contributed by atoms with Crippen LogP contribution in [0.1, 0.15) is 16.8 Å². The van der Waals surface area contributed by atoms with Gasteiger partial charge in [-0.25, -0.2) is 9.97 Å². The summed E-state index contributed by atoms with van der Waals surface area (Å²) >= 11 is 8.76. The van der Waals surface area contributed by atoms with Crippen LogP contribution in [0.5, 0.6) is 5.75 Å². The van der Waals surface area contributed by atoms with E-state index in [0.29, 0.717) is 51.5 Å². The Morgan fingerprint density at radius 3 is 2.43 bits per heavy atom. The van der Waals surface area contributed by atoms with Crippen molar-refractivity contribution in [3.8, 4) is 29.0 Å². The summed E-state index contributed by atoms with van der Waals surface area (Å²) in [6.07, 6.45) is 0. The summed E-state index contributed by atoms with van der Waals surface area (Å²) in [5, 5.41) is 26.8. The summed E-state index contributed by atoms with van der Waals surface area (Å²) in [6.45, 7) is 0.886. The number of aromatic nitrogens is 2. The average molecular weight is 549 g/mol. The van der Waals surface area contributed by atoms with Gasteiger partial charge in [-0.3, -0.25) is 0 Å². The van der Waals surface area contributed by atoms with Gasteiger partial charge in [-0.05, 0) is 42.0 Å². The van der Waals surface area contributed by atoms with Crippen LogP contribution in [-0.2, 0) is 10.5 Å². The maximum Gasteiger partial charge on any atom is 0.187 e. The van der Waals surface area contributed by atoms with Gasteiger partial charge in [-0.2, -0.15) is 10.5 Å². The van der Waals surface area contributed by atoms with Crippen molar-refractivity contribution in [2.45, 2.75) is 10.8 Å². The minimum Gasteiger partial charge on any atom is -0.491 e. The molecule has 0 atom stereocenters. The molecule has 0 bridgehead atoms. The van der Waals surface area contributed by atoms with Crippen LogP contribution in [0.25, 0.3) is 11.1 Å². The predicted molar refractivity (Wildman–Crippen MR) is 147 cm³/mol. The normalized spacial score (nSPS) is 10.5. The number of nitrogen functional groups attached to an aromatic ring is 1. The molecule has 11 heteroatoms. The Hall–Kier alpha value is -3.80. The molecule has 0 aliphatic rings. The second-order valence-electron chi connectivity index (χ2n) is 7.58. The van der Waals surface area contributed by atoms with Gasteiger partial charge in [-0.15, -0.1) is 11.3 Å². The Morgan fingerprint density at radius 1 is 1.03 bits per heavy atom. The van der Waals surface area contributed by atoms with Gasteiger partial charge in [0.05, 0.1) is 17.9 Å². The molecule has 0 unspecified atom stereocenters. The van der Waals surface area contributed by atoms with E-state index in [1.165, 1.54) is 23.1 Å². The molecular weight excluding hydrogens is 528 g/mol. The molecule has 0 radical (unpaired) electrons. The molecule has 0 spiro atoms. The van der Waals surface area contributed by atoms with Gasteiger partial charge in [0.1, 0.15) is 40.9 Å². The average Bonchev–Trinajstić information content (AvgIpc) is 3.36. The lowest BCUT2D eigenvalue weighted by Gasteiger charge is -2.13. The third-order valence-electron chi connectivity index (χ3n) is 5.12. The minimum absolute atomic E-state index is 0.0720. The molecule has 0 saturated heterocycles. The van der Waals surface area contributed by atoms with Crippen molar-refractivity contribution in [3.63, 3.8) is 0 Å². The number of methoxy groups -OCH3 is 1. The number of nitrogens with one attached hydrogen (secondary N) is 1. The van der Waals surface area contributed by atoms with E-state index in [1.54, 1.807) is 43.5 Å². The van der Waals surface area contributed by atoms with Crippen LogP contribution in [0, 0.1) is 22.7 Å². The van der Waals surface area contributed by atoms with Crippen molar-refractivity contribution < 1.29 is 9.47 Å². The summed E-state index contributed by atoms with van der Waals surface area (Å²) in [6, 6.07) is 18.8. The summed E-state index contributed by atoms with van der Waals surface area (Å²) in [4.78, 5) is 8.98. The molecule has 37 heavy (non-hydrogen) atoms. The Kier molecular flexibility index (Phi) is 8.83. The first kappa shape index (κ1) is 26.3. The van der Waals surface area contributed by atoms with E-state index in [0.717, 1.165) is 16.5 Å². The van der Waals surface area contributed by atoms with Crippen molar-refractivity contribution >= 4 is 51.3 Å². The number of nitrogens with zero attached hydrogens (tertiary/aromatic N) is 4. The molecule has 4 aromatic rings. The molecule has 3 N–H and O–H groups in total. The Bertz CT molecular complexity index is 1460. The molecule has 2 aromatic heterocycles. The van der Waals surface area contributed by atoms with Crippen LogP contribution in [-0.4, -0.2) is 30.3 Å². The van der Waals surface area contributed by atoms with Gasteiger partial charge in [0.2, 0.25) is 0 Å². The van der Waals surface area contributed by atoms with Gasteiger partial charge in [0.15, 0.2) is 5.13 Å². The lowest BCUT2D eigenvalue weighted by molar-refractivity contribution is 0.146. The van der Waals surface area contributed by atoms with Crippen LogP contribution in [0.15, 0.2) is 58.9 Å². The number of ether oxygens (including phenoxy) is 2. The van der Waals surface area contributed by atoms with Crippen LogP contribution in [0.2, 0.25) is 5.02 Å². The molecule has 186 valence electrons. The molecular formula is C26H21ClN6O2S2. The standard InChI is InChI=1S/C26H21ClN6O2S2/c1-34-10-11-35-20-8-2-16(3-9-20)23-21(12-28)24(30)33-25(22(23)13-29)36-14-19-15-37-26(32-19)31-18-6-4-17(27)5-7-18/h2-9,15H,10-11,14H2,1H3,(H2,30,33)(H,31,32). The number of benzene rings is 2. The van der Waals surface area contributed by atoms with E-state index >= 15 is 0 Å². The quantitative estimate of drug-likeness (QED) is 0.174. The minimum atomic E-state index is 0.0720. The Morgan fingerprint density at radius 2 is 1.76 bits per heavy atom. The monoisotopic (exact) mass is 548 g/mol. The van der Waals surface area contributed by atoms with Crippen molar-refractivity contribution in [1.29, 1.82) is 10.5 Å². The summed E-state index contributed by atoms with van der Waals surface area (Å²) in [5.41, 5.74) is 9.42. The lowest BCUT2D eigenvalue weighted by Crippen LogP contribution is -2.05. The van der Waals surface area contributed by atoms with Crippen LogP contribution < -0.4 is 15.8 Å². The SMILES string of the molecule is COCCOc1ccc(-c2c(C#N)c(N)nc(SCc3csc(Nc4ccc(Cl)cc4)n3)c2C#N)cc1. The van der Waals surface area contributed by atoms with Crippen molar-refractivity contribution in [2.75, 3.05) is 31.4 Å². The number of nitrogens with two attached hydrogens (primary N) is 1. The first-order valence-corrected chi connectivity index (χ1v) is 13.2. The largest absolute Gasteiger partial charge is 0.491 e. The molecule has 0 aliphatic heterocycles. The highest BCUT2D eigenvalue weighted by Crippen LogP contribution is 2.37. The smallest absolute Gasteiger partial charge is 0.187 e. The number of anilines is 3. The number of pyridine rings is 1. The van der Waals surface area contributed by atoms with Gasteiger partial charge in [0, 0.05) is 34.5 Å². The van der Waals surface area contributed by atoms with Crippen molar-refractivity contribution in [1.82, 2.24) is 9.97 Å². The number of thiazole rings is 1. The maximum atomic E-state index is 10.0. The first-order chi connectivity index (χ1) is 18.0. The van der Waals surface area contributed by atoms with E-state index < -0.39 is 0 Å². The summed E-state index contributed by atoms with van der Waals surface area (Å²) < 4.78 is 10.6. The highest BCUT2D eigenvalue weighted by atomic mass is 35.5. The third-order valence-corrected chi connectivity index (χ3v) is 7.19. The Balaban J connectivity index is 1.55. The Labute approximate surface area is 227 Å². The molecule has 8 nitrogen and oxygen atoms in total. The molecule has 2 aromatic carbocycles. The number of thioether (sulfide) groups is 1. The number of nitriles is 2. The molecule has 4 rings (SSSR count). The highest BCUT2D eigenvalue weighted by Gasteiger charge is 2.21. The maximum absolute atomic E-state index is 10.0. The third kappa shape index (κ3) is 6.50. The van der Waals surface area contributed by atoms with E-state index in [2.05, 4.69) is 27.4 Å². The molecule has 0 aliphatic carbocycles. The second-order valence-corrected chi connectivity index (χ2v) is 9.84. The van der Waals surface area contributed by atoms with Crippen LogP contribution >= 0.6 is 34.7 Å². The fourth-order valence-corrected chi connectivity index (χ4v) is 5.23. The topological polar surface area (TPSA) is 130 Å². The molecule has 2 heterocycles. The van der Waals surface area contributed by atoms with Crippen molar-refractivity contribution in [3.05, 3.63) is 75.8 Å². The number of rotatable bonds is 10. The van der Waals surface area contributed by atoms with Crippen LogP contribution in [0.4, 0.5) is 16.6 Å². The van der Waals surface area contributed by atoms with E-state index in [1.807, 2.05) is 17.5 Å². The molecule has 0 amide bonds. The predicted octanol–water partition coefficient (Wildman–Crippen LogP) is 6.25. The number of halogens is 1. The molecule has 0 saturated carbocycles. The summed E-state index contributed by atoms with van der Waals surface area (Å²) in [5.74, 6) is 1.20.